The maximum absolute atomic E-state index is 13.5. The lowest BCUT2D eigenvalue weighted by atomic mass is 10.1. The molecule has 0 atom stereocenters. The maximum Gasteiger partial charge on any atom is 0.337 e. The Morgan fingerprint density at radius 2 is 1.88 bits per heavy atom. The minimum absolute atomic E-state index is 0.00787. The Bertz CT molecular complexity index is 1350. The standard InChI is InChI=1S/C21H20ClFN6O4S/c1-34(32,33)29-6-4-28(5-7-29)19-16(13-8-14(20(30)31)11-24-10-13)12-25-21(27-19)26-15-2-3-18(23)17(22)9-15/h2-3,8-12H,4-7H2,1H3,(H,30,31)(H,25,26,27). The number of sulfonamides is 1. The Balaban J connectivity index is 1.71. The second kappa shape index (κ2) is 9.49. The zero-order valence-electron chi connectivity index (χ0n) is 17.9. The first-order valence-corrected chi connectivity index (χ1v) is 12.3. The van der Waals surface area contributed by atoms with Crippen molar-refractivity contribution in [2.75, 3.05) is 42.7 Å². The number of pyridine rings is 1. The molecule has 3 heterocycles. The Labute approximate surface area is 200 Å². The van der Waals surface area contributed by atoms with E-state index < -0.39 is 21.8 Å². The number of aromatic carboxylic acids is 1. The smallest absolute Gasteiger partial charge is 0.337 e. The molecule has 0 spiro atoms. The van der Waals surface area contributed by atoms with Crippen LogP contribution in [-0.2, 0) is 10.0 Å². The summed E-state index contributed by atoms with van der Waals surface area (Å²) in [6.45, 7) is 1.27. The van der Waals surface area contributed by atoms with Crippen LogP contribution in [0.2, 0.25) is 5.02 Å². The molecule has 0 aliphatic carbocycles. The van der Waals surface area contributed by atoms with Crippen LogP contribution in [0, 0.1) is 5.82 Å². The van der Waals surface area contributed by atoms with Crippen molar-refractivity contribution in [3.05, 3.63) is 59.3 Å². The summed E-state index contributed by atoms with van der Waals surface area (Å²) >= 11 is 5.86. The number of aromatic nitrogens is 3. The zero-order valence-corrected chi connectivity index (χ0v) is 19.5. The Morgan fingerprint density at radius 1 is 1.15 bits per heavy atom. The molecule has 10 nitrogen and oxygen atoms in total. The highest BCUT2D eigenvalue weighted by Crippen LogP contribution is 2.31. The number of halogens is 2. The van der Waals surface area contributed by atoms with Crippen molar-refractivity contribution >= 4 is 45.0 Å². The molecule has 0 unspecified atom stereocenters. The number of piperazine rings is 1. The highest BCUT2D eigenvalue weighted by Gasteiger charge is 2.26. The van der Waals surface area contributed by atoms with E-state index in [1.54, 1.807) is 0 Å². The maximum atomic E-state index is 13.5. The number of nitrogens with zero attached hydrogens (tertiary/aromatic N) is 5. The molecule has 1 fully saturated rings. The minimum atomic E-state index is -3.32. The number of benzene rings is 1. The molecule has 1 saturated heterocycles. The summed E-state index contributed by atoms with van der Waals surface area (Å²) in [7, 11) is -3.32. The van der Waals surface area contributed by atoms with Crippen LogP contribution in [0.15, 0.2) is 42.9 Å². The molecule has 4 rings (SSSR count). The topological polar surface area (TPSA) is 129 Å². The minimum Gasteiger partial charge on any atom is -0.478 e. The fourth-order valence-electron chi connectivity index (χ4n) is 3.52. The quantitative estimate of drug-likeness (QED) is 0.518. The van der Waals surface area contributed by atoms with Crippen LogP contribution in [-0.4, -0.2) is 71.2 Å². The number of anilines is 3. The first kappa shape index (κ1) is 23.8. The van der Waals surface area contributed by atoms with E-state index >= 15 is 0 Å². The molecule has 0 bridgehead atoms. The zero-order chi connectivity index (χ0) is 24.5. The van der Waals surface area contributed by atoms with Gasteiger partial charge in [-0.15, -0.1) is 0 Å². The van der Waals surface area contributed by atoms with Gasteiger partial charge in [-0.1, -0.05) is 11.6 Å². The number of carboxylic acid groups (broad SMARTS) is 1. The summed E-state index contributed by atoms with van der Waals surface area (Å²) in [6, 6.07) is 5.58. The van der Waals surface area contributed by atoms with Crippen molar-refractivity contribution in [1.82, 2.24) is 19.3 Å². The predicted molar refractivity (Wildman–Crippen MR) is 126 cm³/mol. The normalized spacial score (nSPS) is 14.7. The third kappa shape index (κ3) is 5.24. The molecule has 2 N–H and O–H groups in total. The van der Waals surface area contributed by atoms with Gasteiger partial charge in [-0.05, 0) is 24.3 Å². The monoisotopic (exact) mass is 506 g/mol. The lowest BCUT2D eigenvalue weighted by Gasteiger charge is -2.35. The molecule has 1 aromatic carbocycles. The van der Waals surface area contributed by atoms with Crippen LogP contribution < -0.4 is 10.2 Å². The van der Waals surface area contributed by atoms with Crippen LogP contribution in [0.5, 0.6) is 0 Å². The number of hydrogen-bond donors (Lipinski definition) is 2. The van der Waals surface area contributed by atoms with Crippen molar-refractivity contribution in [3.63, 3.8) is 0 Å². The number of carboxylic acids is 1. The van der Waals surface area contributed by atoms with Crippen LogP contribution >= 0.6 is 11.6 Å². The van der Waals surface area contributed by atoms with Gasteiger partial charge < -0.3 is 15.3 Å². The molecule has 0 radical (unpaired) electrons. The van der Waals surface area contributed by atoms with Gasteiger partial charge >= 0.3 is 5.97 Å². The van der Waals surface area contributed by atoms with Gasteiger partial charge in [0.15, 0.2) is 0 Å². The van der Waals surface area contributed by atoms with E-state index in [-0.39, 0.29) is 29.6 Å². The fraction of sp³-hybridized carbons (Fsp3) is 0.238. The fourth-order valence-corrected chi connectivity index (χ4v) is 4.52. The largest absolute Gasteiger partial charge is 0.478 e. The third-order valence-corrected chi connectivity index (χ3v) is 6.84. The average Bonchev–Trinajstić information content (AvgIpc) is 2.81. The first-order valence-electron chi connectivity index (χ1n) is 10.1. The number of carbonyl (C=O) groups is 1. The van der Waals surface area contributed by atoms with Gasteiger partial charge in [0.2, 0.25) is 16.0 Å². The van der Waals surface area contributed by atoms with Crippen molar-refractivity contribution in [2.24, 2.45) is 0 Å². The molecule has 0 saturated carbocycles. The van der Waals surface area contributed by atoms with Crippen LogP contribution in [0.1, 0.15) is 10.4 Å². The number of hydrogen-bond acceptors (Lipinski definition) is 8. The Morgan fingerprint density at radius 3 is 2.53 bits per heavy atom. The lowest BCUT2D eigenvalue weighted by Crippen LogP contribution is -2.48. The molecular weight excluding hydrogens is 487 g/mol. The highest BCUT2D eigenvalue weighted by molar-refractivity contribution is 7.88. The molecule has 1 aliphatic rings. The Hall–Kier alpha value is -3.35. The number of rotatable bonds is 6. The van der Waals surface area contributed by atoms with Gasteiger partial charge in [-0.25, -0.2) is 22.6 Å². The van der Waals surface area contributed by atoms with Gasteiger partial charge in [-0.2, -0.15) is 9.29 Å². The molecule has 13 heteroatoms. The molecule has 2 aromatic heterocycles. The molecule has 3 aromatic rings. The van der Waals surface area contributed by atoms with Crippen LogP contribution in [0.4, 0.5) is 21.8 Å². The SMILES string of the molecule is CS(=O)(=O)N1CCN(c2nc(Nc3ccc(F)c(Cl)c3)ncc2-c2cncc(C(=O)O)c2)CC1. The van der Waals surface area contributed by atoms with Crippen molar-refractivity contribution < 1.29 is 22.7 Å². The molecule has 178 valence electrons. The average molecular weight is 507 g/mol. The van der Waals surface area contributed by atoms with Gasteiger partial charge in [0.1, 0.15) is 11.6 Å². The first-order chi connectivity index (χ1) is 16.1. The lowest BCUT2D eigenvalue weighted by molar-refractivity contribution is 0.0696. The summed E-state index contributed by atoms with van der Waals surface area (Å²) in [4.78, 5) is 26.3. The van der Waals surface area contributed by atoms with Crippen LogP contribution in [0.25, 0.3) is 11.1 Å². The van der Waals surface area contributed by atoms with Crippen molar-refractivity contribution in [2.45, 2.75) is 0 Å². The van der Waals surface area contributed by atoms with Crippen molar-refractivity contribution in [1.29, 1.82) is 0 Å². The summed E-state index contributed by atoms with van der Waals surface area (Å²) < 4.78 is 38.7. The second-order valence-corrected chi connectivity index (χ2v) is 9.99. The second-order valence-electron chi connectivity index (χ2n) is 7.60. The van der Waals surface area contributed by atoms with E-state index in [0.717, 1.165) is 6.26 Å². The van der Waals surface area contributed by atoms with Gasteiger partial charge in [0, 0.05) is 61.6 Å². The van der Waals surface area contributed by atoms with E-state index in [2.05, 4.69) is 20.3 Å². The van der Waals surface area contributed by atoms with E-state index in [9.17, 15) is 22.7 Å². The van der Waals surface area contributed by atoms with E-state index in [1.807, 2.05) is 4.90 Å². The number of nitrogens with one attached hydrogen (secondary N) is 1. The summed E-state index contributed by atoms with van der Waals surface area (Å²) in [5.41, 5.74) is 1.51. The van der Waals surface area contributed by atoms with Crippen LogP contribution in [0.3, 0.4) is 0 Å². The van der Waals surface area contributed by atoms with E-state index in [0.29, 0.717) is 35.7 Å². The molecular formula is C21H20ClFN6O4S. The predicted octanol–water partition coefficient (Wildman–Crippen LogP) is 2.85. The molecule has 34 heavy (non-hydrogen) atoms. The highest BCUT2D eigenvalue weighted by atomic mass is 35.5. The molecule has 0 amide bonds. The van der Waals surface area contributed by atoms with E-state index in [4.69, 9.17) is 11.6 Å². The summed E-state index contributed by atoms with van der Waals surface area (Å²) in [6.07, 6.45) is 5.44. The summed E-state index contributed by atoms with van der Waals surface area (Å²) in [5.74, 6) is -0.999. The summed E-state index contributed by atoms with van der Waals surface area (Å²) in [5, 5.41) is 12.3. The van der Waals surface area contributed by atoms with Crippen molar-refractivity contribution in [3.8, 4) is 11.1 Å². The third-order valence-electron chi connectivity index (χ3n) is 5.25. The Kier molecular flexibility index (Phi) is 6.64. The van der Waals surface area contributed by atoms with Gasteiger partial charge in [0.05, 0.1) is 16.8 Å². The molecule has 1 aliphatic heterocycles. The van der Waals surface area contributed by atoms with Gasteiger partial charge in [-0.3, -0.25) is 4.98 Å². The van der Waals surface area contributed by atoms with Gasteiger partial charge in [0.25, 0.3) is 0 Å². The van der Waals surface area contributed by atoms with E-state index in [1.165, 1.54) is 47.2 Å².